The second kappa shape index (κ2) is 12.0. The number of aryl methyl sites for hydroxylation is 1. The number of amides is 2. The molecule has 0 bridgehead atoms. The van der Waals surface area contributed by atoms with Crippen LogP contribution in [0.1, 0.15) is 77.3 Å². The monoisotopic (exact) mass is 517 g/mol. The zero-order valence-corrected chi connectivity index (χ0v) is 23.7. The number of rotatable bonds is 10. The van der Waals surface area contributed by atoms with Gasteiger partial charge in [0.15, 0.2) is 0 Å². The van der Waals surface area contributed by atoms with Crippen molar-refractivity contribution in [3.05, 3.63) is 46.1 Å². The van der Waals surface area contributed by atoms with E-state index in [1.54, 1.807) is 11.8 Å². The largest absolute Gasteiger partial charge is 0.466 e. The van der Waals surface area contributed by atoms with Crippen molar-refractivity contribution in [3.8, 4) is 0 Å². The Labute approximate surface area is 222 Å². The number of carbonyl (C=O) groups excluding carboxylic acids is 2. The molecule has 0 aromatic heterocycles. The fourth-order valence-electron chi connectivity index (χ4n) is 5.33. The zero-order chi connectivity index (χ0) is 26.5. The van der Waals surface area contributed by atoms with Gasteiger partial charge in [0.05, 0.1) is 18.6 Å². The van der Waals surface area contributed by atoms with Crippen LogP contribution in [0.2, 0.25) is 5.02 Å². The summed E-state index contributed by atoms with van der Waals surface area (Å²) in [5.74, 6) is 0.0529. The number of esters is 1. The molecule has 2 aliphatic rings. The van der Waals surface area contributed by atoms with E-state index in [-0.39, 0.29) is 23.8 Å². The third-order valence-electron chi connectivity index (χ3n) is 7.39. The Balaban J connectivity index is 1.95. The minimum absolute atomic E-state index is 0.175. The molecule has 1 aliphatic carbocycles. The van der Waals surface area contributed by atoms with Gasteiger partial charge in [0.2, 0.25) is 0 Å². The van der Waals surface area contributed by atoms with Gasteiger partial charge in [-0.15, -0.1) is 0 Å². The molecule has 0 saturated heterocycles. The third-order valence-corrected chi connectivity index (χ3v) is 7.74. The van der Waals surface area contributed by atoms with Crippen LogP contribution in [0.3, 0.4) is 0 Å². The Kier molecular flexibility index (Phi) is 9.50. The van der Waals surface area contributed by atoms with Crippen molar-refractivity contribution >= 4 is 23.6 Å². The molecule has 1 aromatic carbocycles. The average molecular weight is 518 g/mol. The highest BCUT2D eigenvalue weighted by molar-refractivity contribution is 6.31. The van der Waals surface area contributed by atoms with Crippen molar-refractivity contribution in [1.29, 1.82) is 0 Å². The van der Waals surface area contributed by atoms with E-state index in [0.717, 1.165) is 61.2 Å². The molecule has 1 aromatic rings. The van der Waals surface area contributed by atoms with Crippen LogP contribution in [-0.2, 0) is 21.5 Å². The molecule has 1 N–H and O–H groups in total. The number of urea groups is 1. The van der Waals surface area contributed by atoms with Crippen LogP contribution in [0, 0.1) is 11.3 Å². The van der Waals surface area contributed by atoms with Gasteiger partial charge in [-0.1, -0.05) is 44.5 Å². The number of nitrogens with one attached hydrogen (secondary N) is 1. The van der Waals surface area contributed by atoms with E-state index in [4.69, 9.17) is 16.3 Å². The summed E-state index contributed by atoms with van der Waals surface area (Å²) in [5, 5.41) is 4.13. The number of benzene rings is 1. The molecule has 7 heteroatoms. The van der Waals surface area contributed by atoms with E-state index in [9.17, 15) is 9.59 Å². The van der Waals surface area contributed by atoms with Gasteiger partial charge < -0.3 is 19.9 Å². The van der Waals surface area contributed by atoms with E-state index in [1.165, 1.54) is 5.57 Å². The number of hydrogen-bond donors (Lipinski definition) is 1. The molecular weight excluding hydrogens is 474 g/mol. The first-order valence-corrected chi connectivity index (χ1v) is 13.7. The molecule has 1 aliphatic heterocycles. The molecular formula is C29H44ClN3O3. The maximum absolute atomic E-state index is 13.3. The van der Waals surface area contributed by atoms with Crippen molar-refractivity contribution in [2.45, 2.75) is 78.2 Å². The predicted molar refractivity (Wildman–Crippen MR) is 146 cm³/mol. The summed E-state index contributed by atoms with van der Waals surface area (Å²) in [6, 6.07) is 6.18. The number of fused-ring (bicyclic) bond motifs is 1. The van der Waals surface area contributed by atoms with E-state index in [1.807, 2.05) is 6.20 Å². The smallest absolute Gasteiger partial charge is 0.322 e. The number of nitrogens with zero attached hydrogens (tertiary/aromatic N) is 2. The summed E-state index contributed by atoms with van der Waals surface area (Å²) in [5.41, 5.74) is 3.09. The summed E-state index contributed by atoms with van der Waals surface area (Å²) < 4.78 is 5.08. The quantitative estimate of drug-likeness (QED) is 0.379. The van der Waals surface area contributed by atoms with Crippen LogP contribution >= 0.6 is 11.6 Å². The second-order valence-electron chi connectivity index (χ2n) is 11.7. The lowest BCUT2D eigenvalue weighted by Crippen LogP contribution is -2.58. The first-order valence-electron chi connectivity index (χ1n) is 13.4. The second-order valence-corrected chi connectivity index (χ2v) is 12.1. The topological polar surface area (TPSA) is 61.9 Å². The predicted octanol–water partition coefficient (Wildman–Crippen LogP) is 6.13. The Morgan fingerprint density at radius 2 is 2.06 bits per heavy atom. The summed E-state index contributed by atoms with van der Waals surface area (Å²) in [6.45, 7) is 10.1. The summed E-state index contributed by atoms with van der Waals surface area (Å²) in [4.78, 5) is 29.1. The van der Waals surface area contributed by atoms with Gasteiger partial charge in [-0.25, -0.2) is 4.79 Å². The molecule has 1 fully saturated rings. The van der Waals surface area contributed by atoms with Gasteiger partial charge in [0.1, 0.15) is 0 Å². The Bertz CT molecular complexity index is 969. The lowest BCUT2D eigenvalue weighted by Gasteiger charge is -2.49. The van der Waals surface area contributed by atoms with Crippen LogP contribution < -0.4 is 5.32 Å². The van der Waals surface area contributed by atoms with Gasteiger partial charge in [-0.05, 0) is 100 Å². The first kappa shape index (κ1) is 28.5. The number of ether oxygens (including phenoxy) is 1. The average Bonchev–Trinajstić information content (AvgIpc) is 2.80. The Morgan fingerprint density at radius 1 is 1.31 bits per heavy atom. The van der Waals surface area contributed by atoms with Crippen LogP contribution in [-0.4, -0.2) is 55.6 Å². The molecule has 200 valence electrons. The molecule has 0 spiro atoms. The highest BCUT2D eigenvalue weighted by atomic mass is 35.5. The van der Waals surface area contributed by atoms with Gasteiger partial charge in [-0.2, -0.15) is 0 Å². The number of halogens is 1. The standard InChI is InChI=1S/C29H44ClN3O3/c1-7-36-26(34)14-18-33-20-24-21(13-17-32(5)6)9-8-15-29(24,31-27(33)35)23-11-10-22(25(30)19-23)12-16-28(2,3)4/h10-11,19-21H,7-9,12-18H2,1-6H3,(H,31,35). The van der Waals surface area contributed by atoms with Crippen LogP contribution in [0.5, 0.6) is 0 Å². The summed E-state index contributed by atoms with van der Waals surface area (Å²) in [7, 11) is 4.18. The highest BCUT2D eigenvalue weighted by Gasteiger charge is 2.47. The molecule has 36 heavy (non-hydrogen) atoms. The maximum atomic E-state index is 13.3. The van der Waals surface area contributed by atoms with Crippen molar-refractivity contribution < 1.29 is 14.3 Å². The maximum Gasteiger partial charge on any atom is 0.322 e. The minimum atomic E-state index is -0.570. The zero-order valence-electron chi connectivity index (χ0n) is 23.0. The minimum Gasteiger partial charge on any atom is -0.466 e. The van der Waals surface area contributed by atoms with Gasteiger partial charge in [0.25, 0.3) is 0 Å². The van der Waals surface area contributed by atoms with Gasteiger partial charge in [-0.3, -0.25) is 4.79 Å². The van der Waals surface area contributed by atoms with Crippen molar-refractivity contribution in [1.82, 2.24) is 15.1 Å². The molecule has 1 heterocycles. The SMILES string of the molecule is CCOC(=O)CCN1C=C2C(CCN(C)C)CCCC2(c2ccc(CCC(C)(C)C)c(Cl)c2)NC1=O. The summed E-state index contributed by atoms with van der Waals surface area (Å²) in [6.07, 6.45) is 8.14. The van der Waals surface area contributed by atoms with Crippen molar-refractivity contribution in [3.63, 3.8) is 0 Å². The molecule has 0 radical (unpaired) electrons. The third kappa shape index (κ3) is 7.04. The normalized spacial score (nSPS) is 22.2. The fourth-order valence-corrected chi connectivity index (χ4v) is 5.60. The van der Waals surface area contributed by atoms with E-state index in [2.05, 4.69) is 63.3 Å². The lowest BCUT2D eigenvalue weighted by molar-refractivity contribution is -0.143. The molecule has 2 unspecified atom stereocenters. The Morgan fingerprint density at radius 3 is 2.69 bits per heavy atom. The molecule has 3 rings (SSSR count). The fraction of sp³-hybridized carbons (Fsp3) is 0.655. The van der Waals surface area contributed by atoms with Crippen LogP contribution in [0.15, 0.2) is 30.0 Å². The molecule has 6 nitrogen and oxygen atoms in total. The van der Waals surface area contributed by atoms with Gasteiger partial charge >= 0.3 is 12.0 Å². The number of carbonyl (C=O) groups is 2. The summed E-state index contributed by atoms with van der Waals surface area (Å²) >= 11 is 6.82. The Hall–Kier alpha value is -2.05. The van der Waals surface area contributed by atoms with Gasteiger partial charge in [0, 0.05) is 17.8 Å². The molecule has 1 saturated carbocycles. The first-order chi connectivity index (χ1) is 16.9. The van der Waals surface area contributed by atoms with Crippen molar-refractivity contribution in [2.24, 2.45) is 11.3 Å². The van der Waals surface area contributed by atoms with Crippen LogP contribution in [0.4, 0.5) is 4.79 Å². The van der Waals surface area contributed by atoms with E-state index >= 15 is 0 Å². The number of hydrogen-bond acceptors (Lipinski definition) is 4. The molecule has 2 amide bonds. The molecule has 2 atom stereocenters. The van der Waals surface area contributed by atoms with Crippen molar-refractivity contribution in [2.75, 3.05) is 33.8 Å². The lowest BCUT2D eigenvalue weighted by atomic mass is 9.66. The van der Waals surface area contributed by atoms with Crippen LogP contribution in [0.25, 0.3) is 0 Å². The highest BCUT2D eigenvalue weighted by Crippen LogP contribution is 2.48. The van der Waals surface area contributed by atoms with E-state index in [0.29, 0.717) is 19.1 Å². The van der Waals surface area contributed by atoms with E-state index < -0.39 is 5.54 Å².